The molecule has 0 atom stereocenters. The number of carboxylic acid groups (broad SMARTS) is 1. The average Bonchev–Trinajstić information content (AvgIpc) is 2.13. The predicted octanol–water partition coefficient (Wildman–Crippen LogP) is 1.93. The number of hydrogen-bond acceptors (Lipinski definition) is 3. The van der Waals surface area contributed by atoms with Gasteiger partial charge in [0.1, 0.15) is 5.60 Å². The SMILES string of the molecule is C=CCCC(C)(C)OC(=O)NCCC(=O)O. The highest BCUT2D eigenvalue weighted by Gasteiger charge is 2.21. The summed E-state index contributed by atoms with van der Waals surface area (Å²) in [5.74, 6) is -0.953. The van der Waals surface area contributed by atoms with Crippen LogP contribution in [0.3, 0.4) is 0 Å². The van der Waals surface area contributed by atoms with E-state index in [9.17, 15) is 9.59 Å². The Kier molecular flexibility index (Phi) is 6.22. The van der Waals surface area contributed by atoms with E-state index in [1.807, 2.05) is 0 Å². The van der Waals surface area contributed by atoms with Crippen LogP contribution < -0.4 is 5.32 Å². The van der Waals surface area contributed by atoms with Crippen molar-refractivity contribution in [1.29, 1.82) is 0 Å². The molecule has 0 radical (unpaired) electrons. The van der Waals surface area contributed by atoms with Crippen LogP contribution in [0.25, 0.3) is 0 Å². The molecule has 0 unspecified atom stereocenters. The first kappa shape index (κ1) is 14.5. The van der Waals surface area contributed by atoms with Crippen LogP contribution in [0, 0.1) is 0 Å². The number of carbonyl (C=O) groups is 2. The number of carboxylic acids is 1. The highest BCUT2D eigenvalue weighted by atomic mass is 16.6. The van der Waals surface area contributed by atoms with Crippen LogP contribution in [0.5, 0.6) is 0 Å². The fourth-order valence-corrected chi connectivity index (χ4v) is 1.06. The molecule has 16 heavy (non-hydrogen) atoms. The summed E-state index contributed by atoms with van der Waals surface area (Å²) in [6.45, 7) is 7.26. The zero-order valence-electron chi connectivity index (χ0n) is 9.78. The molecule has 1 amide bonds. The fourth-order valence-electron chi connectivity index (χ4n) is 1.06. The molecule has 0 rings (SSSR count). The second-order valence-electron chi connectivity index (χ2n) is 4.05. The summed E-state index contributed by atoms with van der Waals surface area (Å²) in [5, 5.41) is 10.8. The number of aliphatic carboxylic acids is 1. The molecule has 0 aromatic carbocycles. The monoisotopic (exact) mass is 229 g/mol. The van der Waals surface area contributed by atoms with E-state index in [0.717, 1.165) is 6.42 Å². The lowest BCUT2D eigenvalue weighted by Crippen LogP contribution is -2.35. The summed E-state index contributed by atoms with van der Waals surface area (Å²) in [6.07, 6.45) is 2.50. The maximum atomic E-state index is 11.3. The first-order valence-corrected chi connectivity index (χ1v) is 5.17. The Morgan fingerprint density at radius 1 is 1.50 bits per heavy atom. The summed E-state index contributed by atoms with van der Waals surface area (Å²) in [7, 11) is 0. The van der Waals surface area contributed by atoms with Gasteiger partial charge in [-0.25, -0.2) is 4.79 Å². The quantitative estimate of drug-likeness (QED) is 0.654. The van der Waals surface area contributed by atoms with E-state index >= 15 is 0 Å². The molecule has 0 saturated carbocycles. The second kappa shape index (κ2) is 6.87. The summed E-state index contributed by atoms with van der Waals surface area (Å²) in [5.41, 5.74) is -0.568. The van der Waals surface area contributed by atoms with Gasteiger partial charge >= 0.3 is 12.1 Å². The van der Waals surface area contributed by atoms with E-state index in [-0.39, 0.29) is 13.0 Å². The number of carbonyl (C=O) groups excluding carboxylic acids is 1. The summed E-state index contributed by atoms with van der Waals surface area (Å²) >= 11 is 0. The molecule has 0 bridgehead atoms. The molecule has 0 saturated heterocycles. The maximum absolute atomic E-state index is 11.3. The van der Waals surface area contributed by atoms with Crippen LogP contribution in [0.2, 0.25) is 0 Å². The standard InChI is InChI=1S/C11H19NO4/c1-4-5-7-11(2,3)16-10(15)12-8-6-9(13)14/h4H,1,5-8H2,2-3H3,(H,12,15)(H,13,14). The Labute approximate surface area is 95.5 Å². The minimum absolute atomic E-state index is 0.0751. The summed E-state index contributed by atoms with van der Waals surface area (Å²) < 4.78 is 5.13. The number of hydrogen-bond donors (Lipinski definition) is 2. The van der Waals surface area contributed by atoms with E-state index in [1.54, 1.807) is 19.9 Å². The molecular weight excluding hydrogens is 210 g/mol. The van der Waals surface area contributed by atoms with Gasteiger partial charge in [-0.15, -0.1) is 6.58 Å². The normalized spacial score (nSPS) is 10.6. The van der Waals surface area contributed by atoms with Crippen molar-refractivity contribution in [2.45, 2.75) is 38.7 Å². The van der Waals surface area contributed by atoms with E-state index in [2.05, 4.69) is 11.9 Å². The molecule has 5 heteroatoms. The van der Waals surface area contributed by atoms with Gasteiger partial charge in [0.25, 0.3) is 0 Å². The third-order valence-electron chi connectivity index (χ3n) is 1.93. The molecule has 0 fully saturated rings. The van der Waals surface area contributed by atoms with Gasteiger partial charge in [0, 0.05) is 6.54 Å². The lowest BCUT2D eigenvalue weighted by molar-refractivity contribution is -0.136. The molecule has 0 spiro atoms. The molecule has 2 N–H and O–H groups in total. The van der Waals surface area contributed by atoms with Gasteiger partial charge < -0.3 is 15.2 Å². The first-order chi connectivity index (χ1) is 7.37. The van der Waals surface area contributed by atoms with Gasteiger partial charge in [-0.05, 0) is 26.7 Å². The van der Waals surface area contributed by atoms with Crippen molar-refractivity contribution in [2.75, 3.05) is 6.54 Å². The fraction of sp³-hybridized carbons (Fsp3) is 0.636. The molecule has 0 aliphatic heterocycles. The Morgan fingerprint density at radius 2 is 2.12 bits per heavy atom. The van der Waals surface area contributed by atoms with Crippen LogP contribution in [0.15, 0.2) is 12.7 Å². The van der Waals surface area contributed by atoms with Crippen molar-refractivity contribution in [3.05, 3.63) is 12.7 Å². The first-order valence-electron chi connectivity index (χ1n) is 5.17. The largest absolute Gasteiger partial charge is 0.481 e. The number of rotatable bonds is 7. The molecule has 0 heterocycles. The van der Waals surface area contributed by atoms with Gasteiger partial charge in [-0.2, -0.15) is 0 Å². The van der Waals surface area contributed by atoms with Gasteiger partial charge in [0.15, 0.2) is 0 Å². The average molecular weight is 229 g/mol. The van der Waals surface area contributed by atoms with Gasteiger partial charge in [0.2, 0.25) is 0 Å². The Balaban J connectivity index is 3.84. The highest BCUT2D eigenvalue weighted by Crippen LogP contribution is 2.16. The third-order valence-corrected chi connectivity index (χ3v) is 1.93. The molecule has 5 nitrogen and oxygen atoms in total. The summed E-state index contributed by atoms with van der Waals surface area (Å²) in [6, 6.07) is 0. The van der Waals surface area contributed by atoms with Crippen molar-refractivity contribution in [2.24, 2.45) is 0 Å². The van der Waals surface area contributed by atoms with Crippen LogP contribution >= 0.6 is 0 Å². The molecule has 92 valence electrons. The van der Waals surface area contributed by atoms with Crippen molar-refractivity contribution in [3.8, 4) is 0 Å². The number of allylic oxidation sites excluding steroid dienone is 1. The zero-order chi connectivity index (χ0) is 12.6. The van der Waals surface area contributed by atoms with E-state index in [1.165, 1.54) is 0 Å². The number of nitrogens with one attached hydrogen (secondary N) is 1. The van der Waals surface area contributed by atoms with Crippen LogP contribution in [0.4, 0.5) is 4.79 Å². The number of ether oxygens (including phenoxy) is 1. The molecule has 0 aliphatic carbocycles. The maximum Gasteiger partial charge on any atom is 0.407 e. The molecule has 0 aromatic rings. The highest BCUT2D eigenvalue weighted by molar-refractivity contribution is 5.70. The lowest BCUT2D eigenvalue weighted by Gasteiger charge is -2.24. The van der Waals surface area contributed by atoms with Crippen molar-refractivity contribution in [3.63, 3.8) is 0 Å². The Hall–Kier alpha value is -1.52. The third kappa shape index (κ3) is 7.84. The van der Waals surface area contributed by atoms with Crippen molar-refractivity contribution >= 4 is 12.1 Å². The molecule has 0 aromatic heterocycles. The van der Waals surface area contributed by atoms with Crippen LogP contribution in [-0.4, -0.2) is 29.3 Å². The number of amides is 1. The smallest absolute Gasteiger partial charge is 0.407 e. The van der Waals surface area contributed by atoms with E-state index in [0.29, 0.717) is 6.42 Å². The van der Waals surface area contributed by atoms with Crippen molar-refractivity contribution in [1.82, 2.24) is 5.32 Å². The van der Waals surface area contributed by atoms with E-state index < -0.39 is 17.7 Å². The van der Waals surface area contributed by atoms with Gasteiger partial charge in [-0.1, -0.05) is 6.08 Å². The minimum Gasteiger partial charge on any atom is -0.481 e. The zero-order valence-corrected chi connectivity index (χ0v) is 9.78. The molecule has 0 aliphatic rings. The van der Waals surface area contributed by atoms with E-state index in [4.69, 9.17) is 9.84 Å². The Morgan fingerprint density at radius 3 is 2.62 bits per heavy atom. The lowest BCUT2D eigenvalue weighted by atomic mass is 10.0. The Bertz CT molecular complexity index is 261. The van der Waals surface area contributed by atoms with Crippen molar-refractivity contribution < 1.29 is 19.4 Å². The second-order valence-corrected chi connectivity index (χ2v) is 4.05. The van der Waals surface area contributed by atoms with Gasteiger partial charge in [-0.3, -0.25) is 4.79 Å². The van der Waals surface area contributed by atoms with Gasteiger partial charge in [0.05, 0.1) is 6.42 Å². The predicted molar refractivity (Wildman–Crippen MR) is 60.2 cm³/mol. The summed E-state index contributed by atoms with van der Waals surface area (Å²) in [4.78, 5) is 21.5. The minimum atomic E-state index is -0.953. The van der Waals surface area contributed by atoms with Crippen LogP contribution in [0.1, 0.15) is 33.1 Å². The number of alkyl carbamates (subject to hydrolysis) is 1. The molecular formula is C11H19NO4. The van der Waals surface area contributed by atoms with Crippen LogP contribution in [-0.2, 0) is 9.53 Å². The topological polar surface area (TPSA) is 75.6 Å².